The molecule has 0 atom stereocenters. The number of rotatable bonds is 2. The molecule has 0 aliphatic carbocycles. The molecule has 0 aliphatic rings. The number of benzene rings is 1. The molecule has 3 heteroatoms. The molecule has 1 heterocycles. The van der Waals surface area contributed by atoms with E-state index in [2.05, 4.69) is 0 Å². The molecule has 2 aromatic rings. The van der Waals surface area contributed by atoms with Gasteiger partial charge in [0.1, 0.15) is 5.58 Å². The standard InChI is InChI=1S/C12H9ClO2/c13-6-1-2-9-3-4-12-10(8-9)11(14)5-7-15-12/h1-5,7-8H,6H2. The van der Waals surface area contributed by atoms with E-state index in [4.69, 9.17) is 16.0 Å². The number of allylic oxidation sites excluding steroid dienone is 1. The second-order valence-corrected chi connectivity index (χ2v) is 3.41. The lowest BCUT2D eigenvalue weighted by Crippen LogP contribution is -1.97. The molecule has 0 bridgehead atoms. The van der Waals surface area contributed by atoms with Crippen molar-refractivity contribution in [2.45, 2.75) is 0 Å². The SMILES string of the molecule is O=c1ccoc2ccc(C=CCCl)cc12. The molecule has 1 aromatic carbocycles. The van der Waals surface area contributed by atoms with Crippen LogP contribution in [0, 0.1) is 0 Å². The Morgan fingerprint density at radius 1 is 1.33 bits per heavy atom. The van der Waals surface area contributed by atoms with Crippen LogP contribution < -0.4 is 5.43 Å². The van der Waals surface area contributed by atoms with Crippen molar-refractivity contribution in [2.75, 3.05) is 5.88 Å². The highest BCUT2D eigenvalue weighted by molar-refractivity contribution is 6.19. The Morgan fingerprint density at radius 3 is 3.00 bits per heavy atom. The maximum absolute atomic E-state index is 11.5. The van der Waals surface area contributed by atoms with Crippen LogP contribution in [-0.2, 0) is 0 Å². The van der Waals surface area contributed by atoms with Crippen LogP contribution in [0.5, 0.6) is 0 Å². The van der Waals surface area contributed by atoms with Gasteiger partial charge in [-0.15, -0.1) is 11.6 Å². The van der Waals surface area contributed by atoms with Crippen molar-refractivity contribution < 1.29 is 4.42 Å². The van der Waals surface area contributed by atoms with Crippen molar-refractivity contribution >= 4 is 28.6 Å². The maximum atomic E-state index is 11.5. The molecule has 0 radical (unpaired) electrons. The maximum Gasteiger partial charge on any atom is 0.192 e. The predicted octanol–water partition coefficient (Wildman–Crippen LogP) is 3.05. The molecule has 0 saturated heterocycles. The van der Waals surface area contributed by atoms with Gasteiger partial charge in [-0.1, -0.05) is 18.2 Å². The van der Waals surface area contributed by atoms with Gasteiger partial charge in [-0.3, -0.25) is 4.79 Å². The quantitative estimate of drug-likeness (QED) is 0.729. The minimum Gasteiger partial charge on any atom is -0.464 e. The average molecular weight is 221 g/mol. The highest BCUT2D eigenvalue weighted by atomic mass is 35.5. The van der Waals surface area contributed by atoms with Crippen molar-refractivity contribution in [3.8, 4) is 0 Å². The minimum absolute atomic E-state index is 0.0302. The predicted molar refractivity (Wildman–Crippen MR) is 62.2 cm³/mol. The monoisotopic (exact) mass is 220 g/mol. The van der Waals surface area contributed by atoms with E-state index in [1.54, 1.807) is 12.1 Å². The zero-order valence-electron chi connectivity index (χ0n) is 7.94. The van der Waals surface area contributed by atoms with Gasteiger partial charge >= 0.3 is 0 Å². The first kappa shape index (κ1) is 9.99. The van der Waals surface area contributed by atoms with Gasteiger partial charge in [0.25, 0.3) is 0 Å². The molecule has 0 saturated carbocycles. The van der Waals surface area contributed by atoms with E-state index in [9.17, 15) is 4.79 Å². The Balaban J connectivity index is 2.60. The molecule has 0 unspecified atom stereocenters. The molecule has 0 fully saturated rings. The number of hydrogen-bond donors (Lipinski definition) is 0. The first-order chi connectivity index (χ1) is 7.31. The molecule has 15 heavy (non-hydrogen) atoms. The topological polar surface area (TPSA) is 30.2 Å². The van der Waals surface area contributed by atoms with Crippen LogP contribution in [-0.4, -0.2) is 5.88 Å². The van der Waals surface area contributed by atoms with Crippen molar-refractivity contribution in [1.29, 1.82) is 0 Å². The first-order valence-corrected chi connectivity index (χ1v) is 5.09. The third-order valence-corrected chi connectivity index (χ3v) is 2.26. The fourth-order valence-electron chi connectivity index (χ4n) is 1.39. The molecule has 0 spiro atoms. The van der Waals surface area contributed by atoms with E-state index < -0.39 is 0 Å². The Labute approximate surface area is 91.8 Å². The molecule has 2 rings (SSSR count). The highest BCUT2D eigenvalue weighted by Gasteiger charge is 1.99. The summed E-state index contributed by atoms with van der Waals surface area (Å²) in [6.45, 7) is 0. The van der Waals surface area contributed by atoms with Crippen LogP contribution in [0.4, 0.5) is 0 Å². The third kappa shape index (κ3) is 2.10. The summed E-state index contributed by atoms with van der Waals surface area (Å²) >= 11 is 5.53. The molecule has 2 nitrogen and oxygen atoms in total. The summed E-state index contributed by atoms with van der Waals surface area (Å²) in [5.74, 6) is 0.460. The van der Waals surface area contributed by atoms with Gasteiger partial charge in [0.05, 0.1) is 11.6 Å². The summed E-state index contributed by atoms with van der Waals surface area (Å²) < 4.78 is 5.20. The normalized spacial score (nSPS) is 11.3. The van der Waals surface area contributed by atoms with Crippen molar-refractivity contribution in [1.82, 2.24) is 0 Å². The van der Waals surface area contributed by atoms with Gasteiger partial charge in [-0.2, -0.15) is 0 Å². The summed E-state index contributed by atoms with van der Waals surface area (Å²) in [4.78, 5) is 11.5. The summed E-state index contributed by atoms with van der Waals surface area (Å²) in [6, 6.07) is 6.88. The van der Waals surface area contributed by atoms with Crippen LogP contribution in [0.3, 0.4) is 0 Å². The zero-order chi connectivity index (χ0) is 10.7. The average Bonchev–Trinajstić information content (AvgIpc) is 2.27. The lowest BCUT2D eigenvalue weighted by molar-refractivity contribution is 0.602. The Morgan fingerprint density at radius 2 is 2.20 bits per heavy atom. The van der Waals surface area contributed by atoms with E-state index in [1.165, 1.54) is 12.3 Å². The zero-order valence-corrected chi connectivity index (χ0v) is 8.70. The Kier molecular flexibility index (Phi) is 2.88. The minimum atomic E-state index is -0.0302. The van der Waals surface area contributed by atoms with Gasteiger partial charge in [0.15, 0.2) is 5.43 Å². The van der Waals surface area contributed by atoms with E-state index in [0.717, 1.165) is 5.56 Å². The van der Waals surface area contributed by atoms with Crippen molar-refractivity contribution in [3.05, 3.63) is 52.4 Å². The summed E-state index contributed by atoms with van der Waals surface area (Å²) in [5, 5.41) is 0.592. The van der Waals surface area contributed by atoms with E-state index in [-0.39, 0.29) is 5.43 Å². The fourth-order valence-corrected chi connectivity index (χ4v) is 1.48. The van der Waals surface area contributed by atoms with Crippen molar-refractivity contribution in [2.24, 2.45) is 0 Å². The van der Waals surface area contributed by atoms with Gasteiger partial charge in [0.2, 0.25) is 0 Å². The Bertz CT molecular complexity index is 555. The van der Waals surface area contributed by atoms with Crippen LogP contribution >= 0.6 is 11.6 Å². The molecule has 0 amide bonds. The number of alkyl halides is 1. The molecule has 0 aliphatic heterocycles. The summed E-state index contributed by atoms with van der Waals surface area (Å²) in [5.41, 5.74) is 1.52. The fraction of sp³-hybridized carbons (Fsp3) is 0.0833. The highest BCUT2D eigenvalue weighted by Crippen LogP contribution is 2.13. The molecule has 76 valence electrons. The first-order valence-electron chi connectivity index (χ1n) is 4.55. The molecule has 0 N–H and O–H groups in total. The van der Waals surface area contributed by atoms with E-state index in [0.29, 0.717) is 16.8 Å². The van der Waals surface area contributed by atoms with Gasteiger partial charge in [0, 0.05) is 11.9 Å². The van der Waals surface area contributed by atoms with Crippen LogP contribution in [0.1, 0.15) is 5.56 Å². The van der Waals surface area contributed by atoms with Crippen LogP contribution in [0.15, 0.2) is 45.8 Å². The number of halogens is 1. The van der Waals surface area contributed by atoms with Crippen molar-refractivity contribution in [3.63, 3.8) is 0 Å². The number of hydrogen-bond acceptors (Lipinski definition) is 2. The Hall–Kier alpha value is -1.54. The van der Waals surface area contributed by atoms with Gasteiger partial charge in [-0.25, -0.2) is 0 Å². The lowest BCUT2D eigenvalue weighted by Gasteiger charge is -1.97. The molecular formula is C12H9ClO2. The van der Waals surface area contributed by atoms with E-state index in [1.807, 2.05) is 18.2 Å². The van der Waals surface area contributed by atoms with Crippen LogP contribution in [0.25, 0.3) is 17.0 Å². The summed E-state index contributed by atoms with van der Waals surface area (Å²) in [6.07, 6.45) is 5.10. The third-order valence-electron chi connectivity index (χ3n) is 2.08. The van der Waals surface area contributed by atoms with E-state index >= 15 is 0 Å². The smallest absolute Gasteiger partial charge is 0.192 e. The second kappa shape index (κ2) is 4.32. The summed E-state index contributed by atoms with van der Waals surface area (Å²) in [7, 11) is 0. The lowest BCUT2D eigenvalue weighted by atomic mass is 10.1. The van der Waals surface area contributed by atoms with Gasteiger partial charge < -0.3 is 4.42 Å². The van der Waals surface area contributed by atoms with Crippen LogP contribution in [0.2, 0.25) is 0 Å². The second-order valence-electron chi connectivity index (χ2n) is 3.10. The van der Waals surface area contributed by atoms with Gasteiger partial charge in [-0.05, 0) is 17.7 Å². The molecule has 1 aromatic heterocycles. The largest absolute Gasteiger partial charge is 0.464 e. The number of fused-ring (bicyclic) bond motifs is 1. The molecular weight excluding hydrogens is 212 g/mol.